The number of nitrogens with zero attached hydrogens (tertiary/aromatic N) is 1. The highest BCUT2D eigenvalue weighted by Crippen LogP contribution is 2.29. The van der Waals surface area contributed by atoms with Gasteiger partial charge in [0.15, 0.2) is 0 Å². The first-order valence-electron chi connectivity index (χ1n) is 7.03. The minimum Gasteiger partial charge on any atom is -0.772 e. The Balaban J connectivity index is 2.05. The molecule has 3 rings (SSSR count). The number of rotatable bonds is 4. The SMILES string of the molecule is Cc1ccc(O)cc1Nc1ccnc2ccc(CS(=O)[O-])cc12. The van der Waals surface area contributed by atoms with E-state index in [9.17, 15) is 13.9 Å². The molecule has 0 bridgehead atoms. The third kappa shape index (κ3) is 3.49. The average molecular weight is 327 g/mol. The number of pyridine rings is 1. The molecular formula is C17H15N2O3S-. The van der Waals surface area contributed by atoms with Gasteiger partial charge in [-0.05, 0) is 42.3 Å². The van der Waals surface area contributed by atoms with Gasteiger partial charge in [0.05, 0.1) is 5.52 Å². The Morgan fingerprint density at radius 1 is 1.17 bits per heavy atom. The van der Waals surface area contributed by atoms with E-state index >= 15 is 0 Å². The van der Waals surface area contributed by atoms with Crippen molar-refractivity contribution < 1.29 is 13.9 Å². The van der Waals surface area contributed by atoms with Gasteiger partial charge >= 0.3 is 0 Å². The second-order valence-electron chi connectivity index (χ2n) is 5.28. The van der Waals surface area contributed by atoms with Gasteiger partial charge in [0.2, 0.25) is 0 Å². The van der Waals surface area contributed by atoms with Crippen molar-refractivity contribution in [2.24, 2.45) is 0 Å². The summed E-state index contributed by atoms with van der Waals surface area (Å²) in [5.41, 5.74) is 4.06. The molecule has 0 aliphatic heterocycles. The number of hydrogen-bond donors (Lipinski definition) is 2. The molecule has 0 aliphatic carbocycles. The van der Waals surface area contributed by atoms with Crippen molar-refractivity contribution in [3.05, 3.63) is 59.8 Å². The van der Waals surface area contributed by atoms with Gasteiger partial charge in [0, 0.05) is 34.8 Å². The van der Waals surface area contributed by atoms with Gasteiger partial charge in [-0.2, -0.15) is 0 Å². The quantitative estimate of drug-likeness (QED) is 0.718. The van der Waals surface area contributed by atoms with Crippen molar-refractivity contribution in [1.29, 1.82) is 0 Å². The van der Waals surface area contributed by atoms with E-state index in [4.69, 9.17) is 0 Å². The molecule has 0 radical (unpaired) electrons. The van der Waals surface area contributed by atoms with Crippen LogP contribution in [0.5, 0.6) is 5.75 Å². The van der Waals surface area contributed by atoms with Crippen LogP contribution >= 0.6 is 0 Å². The van der Waals surface area contributed by atoms with Gasteiger partial charge in [-0.3, -0.25) is 9.19 Å². The van der Waals surface area contributed by atoms with Crippen LogP contribution in [0.2, 0.25) is 0 Å². The van der Waals surface area contributed by atoms with Gasteiger partial charge in [0.25, 0.3) is 0 Å². The Hall–Kier alpha value is -2.44. The predicted molar refractivity (Wildman–Crippen MR) is 90.5 cm³/mol. The maximum absolute atomic E-state index is 10.9. The summed E-state index contributed by atoms with van der Waals surface area (Å²) in [5, 5.41) is 13.8. The maximum atomic E-state index is 10.9. The molecule has 3 aromatic rings. The second kappa shape index (κ2) is 6.36. The number of aromatic nitrogens is 1. The third-order valence-electron chi connectivity index (χ3n) is 3.58. The van der Waals surface area contributed by atoms with Crippen molar-refractivity contribution >= 4 is 33.4 Å². The van der Waals surface area contributed by atoms with Gasteiger partial charge < -0.3 is 15.0 Å². The molecule has 0 aliphatic rings. The third-order valence-corrected chi connectivity index (χ3v) is 4.15. The van der Waals surface area contributed by atoms with Crippen LogP contribution < -0.4 is 5.32 Å². The number of aryl methyl sites for hydroxylation is 1. The molecule has 0 saturated heterocycles. The molecule has 1 heterocycles. The summed E-state index contributed by atoms with van der Waals surface area (Å²) in [6.45, 7) is 1.94. The second-order valence-corrected chi connectivity index (χ2v) is 6.18. The topological polar surface area (TPSA) is 85.3 Å². The van der Waals surface area contributed by atoms with Crippen LogP contribution in [0.15, 0.2) is 48.7 Å². The number of hydrogen-bond acceptors (Lipinski definition) is 5. The Morgan fingerprint density at radius 2 is 2.00 bits per heavy atom. The summed E-state index contributed by atoms with van der Waals surface area (Å²) in [5.74, 6) is 0.147. The smallest absolute Gasteiger partial charge is 0.117 e. The van der Waals surface area contributed by atoms with Crippen LogP contribution in [0, 0.1) is 6.92 Å². The van der Waals surface area contributed by atoms with Gasteiger partial charge in [-0.1, -0.05) is 23.2 Å². The van der Waals surface area contributed by atoms with E-state index in [-0.39, 0.29) is 11.5 Å². The lowest BCUT2D eigenvalue weighted by Gasteiger charge is -2.13. The first kappa shape index (κ1) is 15.5. The maximum Gasteiger partial charge on any atom is 0.117 e. The molecule has 23 heavy (non-hydrogen) atoms. The van der Waals surface area contributed by atoms with E-state index in [0.29, 0.717) is 5.56 Å². The van der Waals surface area contributed by atoms with Crippen LogP contribution in [0.25, 0.3) is 10.9 Å². The molecule has 2 N–H and O–H groups in total. The number of benzene rings is 2. The molecule has 0 saturated carbocycles. The molecule has 0 spiro atoms. The van der Waals surface area contributed by atoms with E-state index in [2.05, 4.69) is 10.3 Å². The van der Waals surface area contributed by atoms with Gasteiger partial charge in [-0.15, -0.1) is 0 Å². The summed E-state index contributed by atoms with van der Waals surface area (Å²) < 4.78 is 21.8. The van der Waals surface area contributed by atoms with Crippen LogP contribution in [-0.4, -0.2) is 18.9 Å². The molecule has 1 aromatic heterocycles. The largest absolute Gasteiger partial charge is 0.772 e. The van der Waals surface area contributed by atoms with Crippen LogP contribution in [0.1, 0.15) is 11.1 Å². The lowest BCUT2D eigenvalue weighted by Crippen LogP contribution is -1.97. The zero-order chi connectivity index (χ0) is 16.4. The number of fused-ring (bicyclic) bond motifs is 1. The van der Waals surface area contributed by atoms with Crippen molar-refractivity contribution in [2.75, 3.05) is 5.32 Å². The monoisotopic (exact) mass is 327 g/mol. The first-order chi connectivity index (χ1) is 11.0. The molecule has 2 aromatic carbocycles. The zero-order valence-corrected chi connectivity index (χ0v) is 13.3. The van der Waals surface area contributed by atoms with Crippen molar-refractivity contribution in [3.8, 4) is 5.75 Å². The highest BCUT2D eigenvalue weighted by Gasteiger charge is 2.06. The van der Waals surface area contributed by atoms with Gasteiger partial charge in [0.1, 0.15) is 5.75 Å². The first-order valence-corrected chi connectivity index (χ1v) is 8.27. The van der Waals surface area contributed by atoms with Crippen molar-refractivity contribution in [1.82, 2.24) is 4.98 Å². The predicted octanol–water partition coefficient (Wildman–Crippen LogP) is 3.37. The number of aromatic hydroxyl groups is 1. The number of nitrogens with one attached hydrogen (secondary N) is 1. The van der Waals surface area contributed by atoms with Crippen LogP contribution in [-0.2, 0) is 16.8 Å². The summed E-state index contributed by atoms with van der Waals surface area (Å²) in [7, 11) is 0. The fourth-order valence-corrected chi connectivity index (χ4v) is 2.87. The molecule has 0 fully saturated rings. The van der Waals surface area contributed by atoms with E-state index < -0.39 is 11.1 Å². The molecule has 1 atom stereocenters. The molecular weight excluding hydrogens is 312 g/mol. The standard InChI is InChI=1S/C17H16N2O3S/c1-11-2-4-13(20)9-17(11)19-16-6-7-18-15-5-3-12(8-14(15)16)10-23(21)22/h2-9,20H,10H2,1H3,(H,18,19)(H,21,22)/p-1. The number of phenols is 1. The van der Waals surface area contributed by atoms with E-state index in [1.807, 2.05) is 25.1 Å². The summed E-state index contributed by atoms with van der Waals surface area (Å²) in [4.78, 5) is 4.30. The molecule has 1 unspecified atom stereocenters. The van der Waals surface area contributed by atoms with Crippen molar-refractivity contribution in [3.63, 3.8) is 0 Å². The summed E-state index contributed by atoms with van der Waals surface area (Å²) >= 11 is -2.13. The minimum absolute atomic E-state index is 0.0323. The van der Waals surface area contributed by atoms with Gasteiger partial charge in [-0.25, -0.2) is 0 Å². The molecule has 118 valence electrons. The fraction of sp³-hybridized carbons (Fsp3) is 0.118. The fourth-order valence-electron chi connectivity index (χ4n) is 2.42. The van der Waals surface area contributed by atoms with E-state index in [0.717, 1.165) is 27.8 Å². The minimum atomic E-state index is -2.13. The highest BCUT2D eigenvalue weighted by atomic mass is 32.2. The molecule has 5 nitrogen and oxygen atoms in total. The normalized spacial score (nSPS) is 12.3. The van der Waals surface area contributed by atoms with Crippen molar-refractivity contribution in [2.45, 2.75) is 12.7 Å². The molecule has 0 amide bonds. The van der Waals surface area contributed by atoms with Crippen LogP contribution in [0.4, 0.5) is 11.4 Å². The summed E-state index contributed by atoms with van der Waals surface area (Å²) in [6.07, 6.45) is 1.69. The molecule has 6 heteroatoms. The lowest BCUT2D eigenvalue weighted by atomic mass is 10.1. The zero-order valence-electron chi connectivity index (χ0n) is 12.4. The van der Waals surface area contributed by atoms with Crippen LogP contribution in [0.3, 0.4) is 0 Å². The Bertz CT molecular complexity index is 896. The van der Waals surface area contributed by atoms with E-state index in [1.54, 1.807) is 30.5 Å². The Morgan fingerprint density at radius 3 is 2.78 bits per heavy atom. The Labute approximate surface area is 136 Å². The highest BCUT2D eigenvalue weighted by molar-refractivity contribution is 7.78. The lowest BCUT2D eigenvalue weighted by molar-refractivity contribution is 0.475. The average Bonchev–Trinajstić information content (AvgIpc) is 2.51. The Kier molecular flexibility index (Phi) is 4.27. The summed E-state index contributed by atoms with van der Waals surface area (Å²) in [6, 6.07) is 12.3. The number of anilines is 2. The number of phenolic OH excluding ortho intramolecular Hbond substituents is 1. The van der Waals surface area contributed by atoms with E-state index in [1.165, 1.54) is 0 Å².